The number of hydrogen-bond donors (Lipinski definition) is 0. The molecule has 1 aliphatic carbocycles. The van der Waals surface area contributed by atoms with E-state index in [-0.39, 0.29) is 11.8 Å². The number of carbonyl (C=O) groups is 1. The zero-order chi connectivity index (χ0) is 16.7. The normalized spacial score (nSPS) is 20.2. The third kappa shape index (κ3) is 2.82. The van der Waals surface area contributed by atoms with Crippen molar-refractivity contribution in [1.29, 1.82) is 0 Å². The molecule has 1 saturated carbocycles. The second kappa shape index (κ2) is 6.01. The highest BCUT2D eigenvalue weighted by Crippen LogP contribution is 2.34. The Labute approximate surface area is 139 Å². The highest BCUT2D eigenvalue weighted by atomic mass is 16.5. The average molecular weight is 331 g/mol. The zero-order valence-electron chi connectivity index (χ0n) is 13.9. The molecule has 8 heteroatoms. The van der Waals surface area contributed by atoms with Gasteiger partial charge in [0.2, 0.25) is 0 Å². The van der Waals surface area contributed by atoms with Crippen LogP contribution in [-0.4, -0.2) is 51.2 Å². The first-order valence-electron chi connectivity index (χ1n) is 8.29. The number of methoxy groups -OCH3 is 1. The van der Waals surface area contributed by atoms with Gasteiger partial charge in [-0.15, -0.1) is 5.10 Å². The van der Waals surface area contributed by atoms with Crippen LogP contribution < -0.4 is 0 Å². The summed E-state index contributed by atoms with van der Waals surface area (Å²) in [6.07, 6.45) is 2.53. The molecule has 0 aromatic carbocycles. The van der Waals surface area contributed by atoms with Crippen molar-refractivity contribution >= 4 is 5.91 Å². The van der Waals surface area contributed by atoms with Gasteiger partial charge < -0.3 is 14.2 Å². The van der Waals surface area contributed by atoms with Crippen LogP contribution in [-0.2, 0) is 17.8 Å². The molecule has 2 aromatic rings. The quantitative estimate of drug-likeness (QED) is 0.822. The van der Waals surface area contributed by atoms with Crippen molar-refractivity contribution in [3.05, 3.63) is 28.9 Å². The fraction of sp³-hybridized carbons (Fsp3) is 0.625. The predicted octanol–water partition coefficient (Wildman–Crippen LogP) is 1.37. The summed E-state index contributed by atoms with van der Waals surface area (Å²) in [5.41, 5.74) is 2.30. The molecule has 1 fully saturated rings. The van der Waals surface area contributed by atoms with Crippen molar-refractivity contribution in [3.8, 4) is 0 Å². The summed E-state index contributed by atoms with van der Waals surface area (Å²) < 4.78 is 12.4. The molecule has 2 aliphatic rings. The smallest absolute Gasteiger partial charge is 0.276 e. The van der Waals surface area contributed by atoms with Gasteiger partial charge in [0.15, 0.2) is 5.69 Å². The number of rotatable bonds is 5. The lowest BCUT2D eigenvalue weighted by molar-refractivity contribution is 0.0662. The van der Waals surface area contributed by atoms with Crippen LogP contribution in [0.1, 0.15) is 46.4 Å². The van der Waals surface area contributed by atoms with E-state index in [0.717, 1.165) is 23.9 Å². The van der Waals surface area contributed by atoms with Crippen molar-refractivity contribution < 1.29 is 14.1 Å². The van der Waals surface area contributed by atoms with Crippen LogP contribution in [0.15, 0.2) is 10.6 Å². The number of carbonyl (C=O) groups excluding carboxylic acids is 1. The monoisotopic (exact) mass is 331 g/mol. The lowest BCUT2D eigenvalue weighted by Crippen LogP contribution is -2.40. The van der Waals surface area contributed by atoms with Crippen LogP contribution >= 0.6 is 0 Å². The summed E-state index contributed by atoms with van der Waals surface area (Å²) in [5, 5.41) is 12.5. The van der Waals surface area contributed by atoms with Gasteiger partial charge >= 0.3 is 0 Å². The van der Waals surface area contributed by atoms with Crippen LogP contribution in [0.4, 0.5) is 0 Å². The van der Waals surface area contributed by atoms with E-state index >= 15 is 0 Å². The Morgan fingerprint density at radius 2 is 2.29 bits per heavy atom. The second-order valence-electron chi connectivity index (χ2n) is 6.71. The third-order valence-electron chi connectivity index (χ3n) is 4.65. The Balaban J connectivity index is 1.59. The maximum absolute atomic E-state index is 12.7. The molecule has 0 radical (unpaired) electrons. The lowest BCUT2D eigenvalue weighted by Gasteiger charge is -2.31. The molecule has 4 rings (SSSR count). The summed E-state index contributed by atoms with van der Waals surface area (Å²) in [5.74, 6) is 1.27. The lowest BCUT2D eigenvalue weighted by atomic mass is 9.98. The van der Waals surface area contributed by atoms with Crippen molar-refractivity contribution in [2.75, 3.05) is 20.3 Å². The van der Waals surface area contributed by atoms with E-state index in [4.69, 9.17) is 9.26 Å². The number of nitrogens with zero attached hydrogens (tertiary/aromatic N) is 5. The van der Waals surface area contributed by atoms with Gasteiger partial charge in [0.05, 0.1) is 18.8 Å². The fourth-order valence-electron chi connectivity index (χ4n) is 3.31. The van der Waals surface area contributed by atoms with Gasteiger partial charge in [-0.05, 0) is 25.7 Å². The highest BCUT2D eigenvalue weighted by Gasteiger charge is 2.35. The minimum atomic E-state index is -0.143. The van der Waals surface area contributed by atoms with Gasteiger partial charge in [0.25, 0.3) is 5.91 Å². The molecule has 0 bridgehead atoms. The Bertz CT molecular complexity index is 749. The van der Waals surface area contributed by atoms with Gasteiger partial charge in [0.1, 0.15) is 11.5 Å². The number of aryl methyl sites for hydroxylation is 1. The molecule has 8 nitrogen and oxygen atoms in total. The molecule has 0 spiro atoms. The molecular weight excluding hydrogens is 310 g/mol. The maximum atomic E-state index is 12.7. The molecule has 0 N–H and O–H groups in total. The molecule has 128 valence electrons. The number of aromatic nitrogens is 4. The zero-order valence-corrected chi connectivity index (χ0v) is 13.9. The van der Waals surface area contributed by atoms with Gasteiger partial charge in [-0.25, -0.2) is 4.68 Å². The molecular formula is C16H21N5O3. The van der Waals surface area contributed by atoms with E-state index in [9.17, 15) is 4.79 Å². The Hall–Kier alpha value is -2.22. The van der Waals surface area contributed by atoms with Crippen LogP contribution in [0.5, 0.6) is 0 Å². The summed E-state index contributed by atoms with van der Waals surface area (Å²) >= 11 is 0. The van der Waals surface area contributed by atoms with Gasteiger partial charge in [-0.1, -0.05) is 10.4 Å². The average Bonchev–Trinajstić information content (AvgIpc) is 3.13. The summed E-state index contributed by atoms with van der Waals surface area (Å²) in [4.78, 5) is 14.4. The van der Waals surface area contributed by atoms with Crippen molar-refractivity contribution in [3.63, 3.8) is 0 Å². The van der Waals surface area contributed by atoms with E-state index in [2.05, 4.69) is 15.5 Å². The molecule has 24 heavy (non-hydrogen) atoms. The van der Waals surface area contributed by atoms with E-state index < -0.39 is 0 Å². The number of ether oxygens (including phenoxy) is 1. The molecule has 1 aliphatic heterocycles. The minimum Gasteiger partial charge on any atom is -0.384 e. The first-order chi connectivity index (χ1) is 11.7. The van der Waals surface area contributed by atoms with Gasteiger partial charge in [0, 0.05) is 32.2 Å². The largest absolute Gasteiger partial charge is 0.384 e. The van der Waals surface area contributed by atoms with Crippen LogP contribution in [0.25, 0.3) is 0 Å². The SMILES string of the molecule is COC[C@H]1CN(C(=O)c2cc(C)on2)Cc2nnn(CC3CC3)c21. The van der Waals surface area contributed by atoms with Crippen LogP contribution in [0.2, 0.25) is 0 Å². The molecule has 2 aromatic heterocycles. The van der Waals surface area contributed by atoms with Crippen molar-refractivity contribution in [2.24, 2.45) is 5.92 Å². The van der Waals surface area contributed by atoms with Crippen molar-refractivity contribution in [2.45, 2.75) is 38.8 Å². The molecule has 0 saturated heterocycles. The number of hydrogen-bond acceptors (Lipinski definition) is 6. The van der Waals surface area contributed by atoms with E-state index in [1.807, 2.05) is 4.68 Å². The first-order valence-corrected chi connectivity index (χ1v) is 8.29. The summed E-state index contributed by atoms with van der Waals surface area (Å²) in [6.45, 7) is 4.25. The highest BCUT2D eigenvalue weighted by molar-refractivity contribution is 5.92. The van der Waals surface area contributed by atoms with E-state index in [1.54, 1.807) is 25.0 Å². The molecule has 3 heterocycles. The minimum absolute atomic E-state index is 0.0736. The van der Waals surface area contributed by atoms with Crippen LogP contribution in [0.3, 0.4) is 0 Å². The number of amides is 1. The van der Waals surface area contributed by atoms with Gasteiger partial charge in [-0.3, -0.25) is 4.79 Å². The first kappa shape index (κ1) is 15.3. The number of fused-ring (bicyclic) bond motifs is 1. The van der Waals surface area contributed by atoms with Crippen LogP contribution in [0, 0.1) is 12.8 Å². The topological polar surface area (TPSA) is 86.3 Å². The Kier molecular flexibility index (Phi) is 3.84. The summed E-state index contributed by atoms with van der Waals surface area (Å²) in [6, 6.07) is 1.66. The Morgan fingerprint density at radius 1 is 1.46 bits per heavy atom. The van der Waals surface area contributed by atoms with Crippen molar-refractivity contribution in [1.82, 2.24) is 25.1 Å². The molecule has 1 amide bonds. The predicted molar refractivity (Wildman–Crippen MR) is 83.3 cm³/mol. The second-order valence-corrected chi connectivity index (χ2v) is 6.71. The fourth-order valence-corrected chi connectivity index (χ4v) is 3.31. The third-order valence-corrected chi connectivity index (χ3v) is 4.65. The van der Waals surface area contributed by atoms with Gasteiger partial charge in [-0.2, -0.15) is 0 Å². The standard InChI is InChI=1S/C16H21N5O3/c1-10-5-13(18-24-10)16(22)20-7-12(9-23-2)15-14(8-20)17-19-21(15)6-11-3-4-11/h5,11-12H,3-4,6-9H2,1-2H3/t12-/m1/s1. The molecule has 1 atom stereocenters. The van der Waals surface area contributed by atoms with E-state index in [1.165, 1.54) is 12.8 Å². The van der Waals surface area contributed by atoms with E-state index in [0.29, 0.717) is 31.2 Å². The molecule has 0 unspecified atom stereocenters. The maximum Gasteiger partial charge on any atom is 0.276 e. The Morgan fingerprint density at radius 3 is 2.96 bits per heavy atom. The summed E-state index contributed by atoms with van der Waals surface area (Å²) in [7, 11) is 1.68.